The maximum Gasteiger partial charge on any atom is 0.245 e. The molecular formula is C19H26N4O3S. The van der Waals surface area contributed by atoms with Gasteiger partial charge in [0.1, 0.15) is 4.90 Å². The summed E-state index contributed by atoms with van der Waals surface area (Å²) in [5.41, 5.74) is 1.50. The number of rotatable bonds is 6. The van der Waals surface area contributed by atoms with Crippen molar-refractivity contribution < 1.29 is 13.2 Å². The first kappa shape index (κ1) is 19.7. The number of aryl methyl sites for hydroxylation is 1. The van der Waals surface area contributed by atoms with Gasteiger partial charge in [-0.2, -0.15) is 4.31 Å². The summed E-state index contributed by atoms with van der Waals surface area (Å²) < 4.78 is 27.8. The lowest BCUT2D eigenvalue weighted by molar-refractivity contribution is -0.122. The number of nitrogens with one attached hydrogen (secondary N) is 1. The lowest BCUT2D eigenvalue weighted by Crippen LogP contribution is -2.51. The predicted octanol–water partition coefficient (Wildman–Crippen LogP) is 1.38. The number of hydrogen-bond acceptors (Lipinski definition) is 5. The molecular weight excluding hydrogens is 364 g/mol. The standard InChI is InChI=1S/C19H26N4O3S/c1-3-7-20-18(24)14-22-8-10-23(11-9-22)27(25,26)17-6-4-5-16-12-15(2)13-21-19(16)17/h4-6,12-13H,3,7-11,14H2,1-2H3,(H,20,24). The molecule has 146 valence electrons. The molecule has 0 spiro atoms. The highest BCUT2D eigenvalue weighted by molar-refractivity contribution is 7.89. The summed E-state index contributed by atoms with van der Waals surface area (Å²) in [4.78, 5) is 18.4. The second-order valence-corrected chi connectivity index (χ2v) is 8.78. The molecule has 3 rings (SSSR count). The zero-order chi connectivity index (χ0) is 19.4. The number of sulfonamides is 1. The number of aromatic nitrogens is 1. The molecule has 1 N–H and O–H groups in total. The SMILES string of the molecule is CCCNC(=O)CN1CCN(S(=O)(=O)c2cccc3cc(C)cnc23)CC1. The Bertz CT molecular complexity index is 922. The number of carbonyl (C=O) groups is 1. The number of amides is 1. The number of benzene rings is 1. The Kier molecular flexibility index (Phi) is 6.08. The van der Waals surface area contributed by atoms with Crippen LogP contribution in [0.1, 0.15) is 18.9 Å². The van der Waals surface area contributed by atoms with Crippen molar-refractivity contribution in [3.05, 3.63) is 36.0 Å². The third-order valence-corrected chi connectivity index (χ3v) is 6.63. The van der Waals surface area contributed by atoms with Crippen molar-refractivity contribution in [2.75, 3.05) is 39.3 Å². The van der Waals surface area contributed by atoms with Crippen LogP contribution in [0, 0.1) is 6.92 Å². The van der Waals surface area contributed by atoms with Crippen LogP contribution in [-0.4, -0.2) is 67.8 Å². The van der Waals surface area contributed by atoms with E-state index in [0.29, 0.717) is 44.8 Å². The molecule has 0 radical (unpaired) electrons. The fourth-order valence-corrected chi connectivity index (χ4v) is 4.83. The van der Waals surface area contributed by atoms with Crippen LogP contribution in [0.3, 0.4) is 0 Å². The molecule has 1 fully saturated rings. The van der Waals surface area contributed by atoms with Crippen LogP contribution in [0.2, 0.25) is 0 Å². The highest BCUT2D eigenvalue weighted by atomic mass is 32.2. The summed E-state index contributed by atoms with van der Waals surface area (Å²) in [6.45, 7) is 6.73. The van der Waals surface area contributed by atoms with Crippen molar-refractivity contribution in [3.8, 4) is 0 Å². The first-order valence-electron chi connectivity index (χ1n) is 9.26. The van der Waals surface area contributed by atoms with Crippen LogP contribution in [-0.2, 0) is 14.8 Å². The first-order chi connectivity index (χ1) is 12.9. The number of nitrogens with zero attached hydrogens (tertiary/aromatic N) is 3. The van der Waals surface area contributed by atoms with Gasteiger partial charge in [0.25, 0.3) is 0 Å². The smallest absolute Gasteiger partial charge is 0.245 e. The number of pyridine rings is 1. The monoisotopic (exact) mass is 390 g/mol. The van der Waals surface area contributed by atoms with Crippen LogP contribution in [0.15, 0.2) is 35.4 Å². The fourth-order valence-electron chi connectivity index (χ4n) is 3.24. The van der Waals surface area contributed by atoms with Crippen molar-refractivity contribution in [1.29, 1.82) is 0 Å². The first-order valence-corrected chi connectivity index (χ1v) is 10.7. The Morgan fingerprint density at radius 1 is 1.22 bits per heavy atom. The molecule has 0 atom stereocenters. The number of fused-ring (bicyclic) bond motifs is 1. The Labute approximate surface area is 160 Å². The molecule has 8 heteroatoms. The van der Waals surface area contributed by atoms with E-state index in [1.165, 1.54) is 4.31 Å². The molecule has 1 amide bonds. The molecule has 0 aliphatic carbocycles. The summed E-state index contributed by atoms with van der Waals surface area (Å²) in [6.07, 6.45) is 2.59. The zero-order valence-electron chi connectivity index (χ0n) is 15.8. The third kappa shape index (κ3) is 4.45. The minimum Gasteiger partial charge on any atom is -0.355 e. The van der Waals surface area contributed by atoms with Gasteiger partial charge in [-0.25, -0.2) is 8.42 Å². The number of carbonyl (C=O) groups excluding carboxylic acids is 1. The maximum atomic E-state index is 13.1. The maximum absolute atomic E-state index is 13.1. The van der Waals surface area contributed by atoms with E-state index in [-0.39, 0.29) is 10.8 Å². The zero-order valence-corrected chi connectivity index (χ0v) is 16.6. The predicted molar refractivity (Wildman–Crippen MR) is 105 cm³/mol. The van der Waals surface area contributed by atoms with Gasteiger partial charge in [-0.1, -0.05) is 19.1 Å². The molecule has 2 heterocycles. The van der Waals surface area contributed by atoms with Crippen molar-refractivity contribution in [2.24, 2.45) is 0 Å². The second kappa shape index (κ2) is 8.33. The topological polar surface area (TPSA) is 82.6 Å². The van der Waals surface area contributed by atoms with Crippen LogP contribution in [0.5, 0.6) is 0 Å². The van der Waals surface area contributed by atoms with Crippen LogP contribution < -0.4 is 5.32 Å². The van der Waals surface area contributed by atoms with Crippen LogP contribution >= 0.6 is 0 Å². The van der Waals surface area contributed by atoms with Gasteiger partial charge < -0.3 is 5.32 Å². The lowest BCUT2D eigenvalue weighted by atomic mass is 10.2. The average Bonchev–Trinajstić information content (AvgIpc) is 2.66. The number of para-hydroxylation sites is 1. The summed E-state index contributed by atoms with van der Waals surface area (Å²) in [6, 6.07) is 7.19. The summed E-state index contributed by atoms with van der Waals surface area (Å²) in [7, 11) is -3.62. The highest BCUT2D eigenvalue weighted by Gasteiger charge is 2.30. The van der Waals surface area contributed by atoms with E-state index in [0.717, 1.165) is 17.4 Å². The quantitative estimate of drug-likeness (QED) is 0.806. The van der Waals surface area contributed by atoms with Crippen LogP contribution in [0.4, 0.5) is 0 Å². The summed E-state index contributed by atoms with van der Waals surface area (Å²) in [5, 5.41) is 3.67. The summed E-state index contributed by atoms with van der Waals surface area (Å²) in [5.74, 6) is -0.0122. The Balaban J connectivity index is 1.72. The molecule has 7 nitrogen and oxygen atoms in total. The van der Waals surface area contributed by atoms with Gasteiger partial charge in [0, 0.05) is 44.3 Å². The molecule has 2 aromatic rings. The minimum absolute atomic E-state index is 0.0122. The van der Waals surface area contributed by atoms with E-state index in [4.69, 9.17) is 0 Å². The molecule has 1 aliphatic heterocycles. The molecule has 27 heavy (non-hydrogen) atoms. The molecule has 1 saturated heterocycles. The third-order valence-electron chi connectivity index (χ3n) is 4.70. The Morgan fingerprint density at radius 2 is 1.96 bits per heavy atom. The van der Waals surface area contributed by atoms with Crippen LogP contribution in [0.25, 0.3) is 10.9 Å². The molecule has 0 bridgehead atoms. The normalized spacial score (nSPS) is 16.5. The van der Waals surface area contributed by atoms with Gasteiger partial charge in [0.15, 0.2) is 0 Å². The van der Waals surface area contributed by atoms with Gasteiger partial charge >= 0.3 is 0 Å². The second-order valence-electron chi connectivity index (χ2n) is 6.87. The Hall–Kier alpha value is -2.03. The van der Waals surface area contributed by atoms with Crippen molar-refractivity contribution >= 4 is 26.8 Å². The Morgan fingerprint density at radius 3 is 2.67 bits per heavy atom. The fraction of sp³-hybridized carbons (Fsp3) is 0.474. The molecule has 1 aromatic heterocycles. The number of piperazine rings is 1. The molecule has 1 aliphatic rings. The van der Waals surface area contributed by atoms with Crippen molar-refractivity contribution in [1.82, 2.24) is 19.5 Å². The van der Waals surface area contributed by atoms with Gasteiger partial charge in [0.05, 0.1) is 12.1 Å². The van der Waals surface area contributed by atoms with E-state index in [9.17, 15) is 13.2 Å². The van der Waals surface area contributed by atoms with Gasteiger partial charge in [-0.15, -0.1) is 0 Å². The highest BCUT2D eigenvalue weighted by Crippen LogP contribution is 2.25. The molecule has 0 unspecified atom stereocenters. The average molecular weight is 391 g/mol. The number of hydrogen-bond donors (Lipinski definition) is 1. The van der Waals surface area contributed by atoms with Crippen molar-refractivity contribution in [2.45, 2.75) is 25.2 Å². The van der Waals surface area contributed by atoms with Crippen molar-refractivity contribution in [3.63, 3.8) is 0 Å². The van der Waals surface area contributed by atoms with Gasteiger partial charge in [-0.05, 0) is 31.0 Å². The summed E-state index contributed by atoms with van der Waals surface area (Å²) >= 11 is 0. The van der Waals surface area contributed by atoms with E-state index in [2.05, 4.69) is 10.3 Å². The van der Waals surface area contributed by atoms with Gasteiger partial charge in [-0.3, -0.25) is 14.7 Å². The van der Waals surface area contributed by atoms with Gasteiger partial charge in [0.2, 0.25) is 15.9 Å². The van der Waals surface area contributed by atoms with E-state index in [1.807, 2.05) is 30.9 Å². The largest absolute Gasteiger partial charge is 0.355 e. The molecule has 0 saturated carbocycles. The molecule has 1 aromatic carbocycles. The minimum atomic E-state index is -3.62. The van der Waals surface area contributed by atoms with E-state index >= 15 is 0 Å². The van der Waals surface area contributed by atoms with E-state index < -0.39 is 10.0 Å². The van der Waals surface area contributed by atoms with E-state index in [1.54, 1.807) is 18.3 Å². The lowest BCUT2D eigenvalue weighted by Gasteiger charge is -2.33.